The zero-order valence-corrected chi connectivity index (χ0v) is 13.3. The molecule has 1 unspecified atom stereocenters. The highest BCUT2D eigenvalue weighted by Crippen LogP contribution is 2.23. The molecule has 1 aliphatic rings. The van der Waals surface area contributed by atoms with E-state index in [2.05, 4.69) is 19.2 Å². The highest BCUT2D eigenvalue weighted by atomic mass is 32.2. The first-order valence-electron chi connectivity index (χ1n) is 7.22. The number of rotatable bonds is 3. The Labute approximate surface area is 122 Å². The highest BCUT2D eigenvalue weighted by molar-refractivity contribution is 7.89. The summed E-state index contributed by atoms with van der Waals surface area (Å²) < 4.78 is 27.4. The van der Waals surface area contributed by atoms with Crippen molar-refractivity contribution < 1.29 is 8.42 Å². The topological polar surface area (TPSA) is 49.4 Å². The largest absolute Gasteiger partial charge is 0.315 e. The number of sulfonamides is 1. The molecule has 4 nitrogen and oxygen atoms in total. The summed E-state index contributed by atoms with van der Waals surface area (Å²) in [5.41, 5.74) is 1.07. The molecule has 0 radical (unpaired) electrons. The van der Waals surface area contributed by atoms with E-state index in [0.717, 1.165) is 25.1 Å². The van der Waals surface area contributed by atoms with Gasteiger partial charge in [-0.1, -0.05) is 31.5 Å². The van der Waals surface area contributed by atoms with Crippen LogP contribution in [0.1, 0.15) is 25.8 Å². The van der Waals surface area contributed by atoms with Crippen molar-refractivity contribution in [2.75, 3.05) is 19.6 Å². The van der Waals surface area contributed by atoms with E-state index in [1.54, 1.807) is 16.4 Å². The maximum Gasteiger partial charge on any atom is 0.243 e. The summed E-state index contributed by atoms with van der Waals surface area (Å²) in [6.45, 7) is 8.31. The molecule has 1 aromatic carbocycles. The van der Waals surface area contributed by atoms with Gasteiger partial charge in [-0.05, 0) is 37.9 Å². The van der Waals surface area contributed by atoms with Crippen LogP contribution in [0.5, 0.6) is 0 Å². The van der Waals surface area contributed by atoms with E-state index in [-0.39, 0.29) is 6.04 Å². The number of nitrogens with zero attached hydrogens (tertiary/aromatic N) is 1. The molecule has 0 saturated carbocycles. The Morgan fingerprint density at radius 3 is 2.50 bits per heavy atom. The minimum Gasteiger partial charge on any atom is -0.315 e. The summed E-state index contributed by atoms with van der Waals surface area (Å²) in [4.78, 5) is 0.399. The molecule has 0 aliphatic carbocycles. The predicted octanol–water partition coefficient (Wildman–Crippen LogP) is 2.00. The number of hydrogen-bond donors (Lipinski definition) is 1. The van der Waals surface area contributed by atoms with Crippen molar-refractivity contribution in [3.05, 3.63) is 29.8 Å². The van der Waals surface area contributed by atoms with Crippen molar-refractivity contribution in [3.63, 3.8) is 0 Å². The summed E-state index contributed by atoms with van der Waals surface area (Å²) in [6.07, 6.45) is 0.855. The Morgan fingerprint density at radius 1 is 1.25 bits per heavy atom. The third-order valence-electron chi connectivity index (χ3n) is 3.85. The number of aryl methyl sites for hydroxylation is 1. The van der Waals surface area contributed by atoms with Gasteiger partial charge in [0.05, 0.1) is 4.90 Å². The van der Waals surface area contributed by atoms with Crippen LogP contribution < -0.4 is 5.32 Å². The van der Waals surface area contributed by atoms with E-state index in [1.165, 1.54) is 0 Å². The maximum absolute atomic E-state index is 12.9. The second-order valence-corrected chi connectivity index (χ2v) is 7.69. The lowest BCUT2D eigenvalue weighted by Crippen LogP contribution is -2.46. The minimum absolute atomic E-state index is 0.0174. The van der Waals surface area contributed by atoms with Gasteiger partial charge in [0.15, 0.2) is 0 Å². The monoisotopic (exact) mass is 296 g/mol. The highest BCUT2D eigenvalue weighted by Gasteiger charge is 2.33. The first-order valence-corrected chi connectivity index (χ1v) is 8.66. The lowest BCUT2D eigenvalue weighted by atomic mass is 10.1. The van der Waals surface area contributed by atoms with E-state index in [9.17, 15) is 8.42 Å². The molecule has 0 bridgehead atoms. The van der Waals surface area contributed by atoms with Crippen LogP contribution >= 0.6 is 0 Å². The predicted molar refractivity (Wildman–Crippen MR) is 81.2 cm³/mol. The van der Waals surface area contributed by atoms with Gasteiger partial charge in [0.1, 0.15) is 0 Å². The molecule has 20 heavy (non-hydrogen) atoms. The number of nitrogens with one attached hydrogen (secondary N) is 1. The smallest absolute Gasteiger partial charge is 0.243 e. The first-order chi connectivity index (χ1) is 9.43. The van der Waals surface area contributed by atoms with Gasteiger partial charge in [-0.15, -0.1) is 0 Å². The summed E-state index contributed by atoms with van der Waals surface area (Å²) in [7, 11) is -3.40. The average Bonchev–Trinajstić information content (AvgIpc) is 2.65. The summed E-state index contributed by atoms with van der Waals surface area (Å²) >= 11 is 0. The molecule has 0 spiro atoms. The van der Waals surface area contributed by atoms with Crippen molar-refractivity contribution in [1.29, 1.82) is 0 Å². The normalized spacial score (nSPS) is 21.9. The van der Waals surface area contributed by atoms with E-state index in [1.807, 2.05) is 19.1 Å². The molecule has 112 valence electrons. The van der Waals surface area contributed by atoms with Crippen molar-refractivity contribution in [3.8, 4) is 0 Å². The molecule has 1 heterocycles. The fourth-order valence-electron chi connectivity index (χ4n) is 2.59. The molecule has 0 aromatic heterocycles. The average molecular weight is 296 g/mol. The Bertz CT molecular complexity index is 537. The van der Waals surface area contributed by atoms with Gasteiger partial charge < -0.3 is 5.32 Å². The molecule has 2 rings (SSSR count). The van der Waals surface area contributed by atoms with Crippen LogP contribution in [0, 0.1) is 12.8 Å². The first kappa shape index (κ1) is 15.5. The van der Waals surface area contributed by atoms with E-state index in [4.69, 9.17) is 0 Å². The van der Waals surface area contributed by atoms with Gasteiger partial charge in [0, 0.05) is 19.1 Å². The molecule has 1 aliphatic heterocycles. The second-order valence-electron chi connectivity index (χ2n) is 5.80. The second kappa shape index (κ2) is 6.24. The van der Waals surface area contributed by atoms with Gasteiger partial charge in [0.25, 0.3) is 0 Å². The number of hydrogen-bond acceptors (Lipinski definition) is 3. The van der Waals surface area contributed by atoms with Crippen LogP contribution in [-0.4, -0.2) is 38.4 Å². The molecule has 1 atom stereocenters. The Morgan fingerprint density at radius 2 is 1.90 bits per heavy atom. The third kappa shape index (κ3) is 3.22. The van der Waals surface area contributed by atoms with Gasteiger partial charge in [-0.2, -0.15) is 4.31 Å². The fourth-order valence-corrected chi connectivity index (χ4v) is 4.38. The van der Waals surface area contributed by atoms with Crippen molar-refractivity contribution in [2.45, 2.75) is 38.1 Å². The maximum atomic E-state index is 12.9. The van der Waals surface area contributed by atoms with Gasteiger partial charge in [-0.3, -0.25) is 0 Å². The summed E-state index contributed by atoms with van der Waals surface area (Å²) in [5.74, 6) is 0.292. The molecule has 5 heteroatoms. The zero-order chi connectivity index (χ0) is 14.8. The standard InChI is InChI=1S/C15H24N2O2S/c1-12(2)15-11-16-9-4-10-17(15)20(18,19)14-7-5-13(3)6-8-14/h5-8,12,15-16H,4,9-11H2,1-3H3. The lowest BCUT2D eigenvalue weighted by Gasteiger charge is -2.31. The molecular weight excluding hydrogens is 272 g/mol. The van der Waals surface area contributed by atoms with Crippen LogP contribution in [0.3, 0.4) is 0 Å². The summed E-state index contributed by atoms with van der Waals surface area (Å²) in [6, 6.07) is 7.14. The van der Waals surface area contributed by atoms with E-state index in [0.29, 0.717) is 17.4 Å². The number of benzene rings is 1. The van der Waals surface area contributed by atoms with Gasteiger partial charge in [0.2, 0.25) is 10.0 Å². The minimum atomic E-state index is -3.40. The van der Waals surface area contributed by atoms with Crippen LogP contribution in [0.15, 0.2) is 29.2 Å². The lowest BCUT2D eigenvalue weighted by molar-refractivity contribution is 0.271. The van der Waals surface area contributed by atoms with Crippen molar-refractivity contribution in [2.24, 2.45) is 5.92 Å². The zero-order valence-electron chi connectivity index (χ0n) is 12.5. The molecule has 1 N–H and O–H groups in total. The molecule has 1 aromatic rings. The SMILES string of the molecule is Cc1ccc(S(=O)(=O)N2CCCNCC2C(C)C)cc1. The van der Waals surface area contributed by atoms with Gasteiger partial charge in [-0.25, -0.2) is 8.42 Å². The van der Waals surface area contributed by atoms with Crippen LogP contribution in [-0.2, 0) is 10.0 Å². The van der Waals surface area contributed by atoms with Crippen LogP contribution in [0.25, 0.3) is 0 Å². The molecular formula is C15H24N2O2S. The Balaban J connectivity index is 2.36. The molecule has 1 saturated heterocycles. The van der Waals surface area contributed by atoms with Crippen LogP contribution in [0.2, 0.25) is 0 Å². The van der Waals surface area contributed by atoms with Crippen molar-refractivity contribution >= 4 is 10.0 Å². The Kier molecular flexibility index (Phi) is 4.83. The Hall–Kier alpha value is -0.910. The van der Waals surface area contributed by atoms with E-state index >= 15 is 0 Å². The van der Waals surface area contributed by atoms with E-state index < -0.39 is 10.0 Å². The van der Waals surface area contributed by atoms with Crippen molar-refractivity contribution in [1.82, 2.24) is 9.62 Å². The molecule has 1 fully saturated rings. The van der Waals surface area contributed by atoms with Crippen LogP contribution in [0.4, 0.5) is 0 Å². The fraction of sp³-hybridized carbons (Fsp3) is 0.600. The van der Waals surface area contributed by atoms with Gasteiger partial charge >= 0.3 is 0 Å². The summed E-state index contributed by atoms with van der Waals surface area (Å²) in [5, 5.41) is 3.34. The third-order valence-corrected chi connectivity index (χ3v) is 5.79. The quantitative estimate of drug-likeness (QED) is 0.928. The molecule has 0 amide bonds.